The van der Waals surface area contributed by atoms with Crippen LogP contribution in [0.25, 0.3) is 0 Å². The van der Waals surface area contributed by atoms with Crippen molar-refractivity contribution in [3.8, 4) is 5.75 Å². The van der Waals surface area contributed by atoms with Crippen molar-refractivity contribution in [2.75, 3.05) is 6.61 Å². The monoisotopic (exact) mass is 250 g/mol. The first-order chi connectivity index (χ1) is 8.52. The summed E-state index contributed by atoms with van der Waals surface area (Å²) in [6.07, 6.45) is 0.366. The first-order valence-corrected chi connectivity index (χ1v) is 6.24. The maximum atomic E-state index is 11.4. The summed E-state index contributed by atoms with van der Waals surface area (Å²) in [6, 6.07) is 6.05. The van der Waals surface area contributed by atoms with Gasteiger partial charge in [0.05, 0.1) is 13.0 Å². The van der Waals surface area contributed by atoms with Gasteiger partial charge in [0.1, 0.15) is 5.75 Å². The molecule has 0 aliphatic carbocycles. The average molecular weight is 250 g/mol. The molecule has 0 radical (unpaired) electrons. The van der Waals surface area contributed by atoms with Gasteiger partial charge in [-0.15, -0.1) is 0 Å². The van der Waals surface area contributed by atoms with E-state index in [9.17, 15) is 4.79 Å². The molecule has 1 aromatic rings. The number of carbonyl (C=O) groups excluding carboxylic acids is 1. The number of nitrogens with one attached hydrogen (secondary N) is 1. The van der Waals surface area contributed by atoms with Gasteiger partial charge in [-0.05, 0) is 38.0 Å². The zero-order valence-electron chi connectivity index (χ0n) is 11.3. The minimum Gasteiger partial charge on any atom is -0.493 e. The van der Waals surface area contributed by atoms with Gasteiger partial charge in [0.15, 0.2) is 0 Å². The van der Waals surface area contributed by atoms with Crippen molar-refractivity contribution in [2.24, 2.45) is 5.73 Å². The van der Waals surface area contributed by atoms with Crippen molar-refractivity contribution in [1.29, 1.82) is 0 Å². The van der Waals surface area contributed by atoms with Crippen LogP contribution < -0.4 is 15.8 Å². The normalized spacial score (nSPS) is 10.5. The lowest BCUT2D eigenvalue weighted by Crippen LogP contribution is -2.31. The van der Waals surface area contributed by atoms with Crippen LogP contribution in [0.5, 0.6) is 5.75 Å². The minimum absolute atomic E-state index is 0.0117. The predicted molar refractivity (Wildman–Crippen MR) is 72.5 cm³/mol. The van der Waals surface area contributed by atoms with Crippen LogP contribution in [0.3, 0.4) is 0 Å². The van der Waals surface area contributed by atoms with Crippen LogP contribution in [0.2, 0.25) is 0 Å². The Bertz CT molecular complexity index is 403. The summed E-state index contributed by atoms with van der Waals surface area (Å²) in [7, 11) is 0. The zero-order valence-corrected chi connectivity index (χ0v) is 11.3. The number of aryl methyl sites for hydroxylation is 1. The number of nitrogens with two attached hydrogens (primary N) is 1. The fraction of sp³-hybridized carbons (Fsp3) is 0.500. The Morgan fingerprint density at radius 2 is 2.17 bits per heavy atom. The first-order valence-electron chi connectivity index (χ1n) is 6.24. The Labute approximate surface area is 109 Å². The molecule has 3 N–H and O–H groups in total. The molecule has 0 saturated heterocycles. The highest BCUT2D eigenvalue weighted by Crippen LogP contribution is 2.19. The molecular formula is C14H22N2O2. The van der Waals surface area contributed by atoms with Crippen LogP contribution in [0.15, 0.2) is 18.2 Å². The fourth-order valence-electron chi connectivity index (χ4n) is 1.57. The van der Waals surface area contributed by atoms with Crippen molar-refractivity contribution in [2.45, 2.75) is 39.8 Å². The van der Waals surface area contributed by atoms with Crippen molar-refractivity contribution in [3.63, 3.8) is 0 Å². The molecule has 100 valence electrons. The highest BCUT2D eigenvalue weighted by Gasteiger charge is 2.05. The largest absolute Gasteiger partial charge is 0.493 e. The van der Waals surface area contributed by atoms with Crippen LogP contribution in [-0.4, -0.2) is 18.6 Å². The van der Waals surface area contributed by atoms with E-state index in [1.54, 1.807) is 0 Å². The van der Waals surface area contributed by atoms with Gasteiger partial charge in [-0.1, -0.05) is 12.1 Å². The molecule has 0 aliphatic heterocycles. The van der Waals surface area contributed by atoms with Crippen LogP contribution >= 0.6 is 0 Å². The first kappa shape index (κ1) is 14.5. The standard InChI is InChI=1S/C14H22N2O2/c1-10(2)16-14(17)6-7-18-13-8-12(9-15)5-4-11(13)3/h4-5,8,10H,6-7,9,15H2,1-3H3,(H,16,17). The molecule has 0 aromatic heterocycles. The van der Waals surface area contributed by atoms with Crippen LogP contribution in [-0.2, 0) is 11.3 Å². The Hall–Kier alpha value is -1.55. The number of carbonyl (C=O) groups is 1. The molecule has 4 nitrogen and oxygen atoms in total. The lowest BCUT2D eigenvalue weighted by molar-refractivity contribution is -0.122. The van der Waals surface area contributed by atoms with E-state index in [0.29, 0.717) is 19.6 Å². The average Bonchev–Trinajstić information content (AvgIpc) is 2.30. The van der Waals surface area contributed by atoms with Crippen molar-refractivity contribution in [3.05, 3.63) is 29.3 Å². The highest BCUT2D eigenvalue weighted by molar-refractivity contribution is 5.76. The number of benzene rings is 1. The molecule has 0 bridgehead atoms. The third-order valence-electron chi connectivity index (χ3n) is 2.52. The van der Waals surface area contributed by atoms with Gasteiger partial charge >= 0.3 is 0 Å². The molecule has 0 saturated carbocycles. The van der Waals surface area contributed by atoms with E-state index in [4.69, 9.17) is 10.5 Å². The van der Waals surface area contributed by atoms with Gasteiger partial charge in [-0.25, -0.2) is 0 Å². The smallest absolute Gasteiger partial charge is 0.223 e. The maximum absolute atomic E-state index is 11.4. The number of rotatable bonds is 6. The lowest BCUT2D eigenvalue weighted by atomic mass is 10.1. The van der Waals surface area contributed by atoms with Gasteiger partial charge in [0.2, 0.25) is 5.91 Å². The number of hydrogen-bond acceptors (Lipinski definition) is 3. The molecule has 0 unspecified atom stereocenters. The number of hydrogen-bond donors (Lipinski definition) is 2. The molecule has 0 aliphatic rings. The quantitative estimate of drug-likeness (QED) is 0.808. The summed E-state index contributed by atoms with van der Waals surface area (Å²) >= 11 is 0. The van der Waals surface area contributed by atoms with Gasteiger partial charge in [0.25, 0.3) is 0 Å². The summed E-state index contributed by atoms with van der Waals surface area (Å²) < 4.78 is 5.62. The molecule has 1 rings (SSSR count). The van der Waals surface area contributed by atoms with E-state index in [1.165, 1.54) is 0 Å². The van der Waals surface area contributed by atoms with Gasteiger partial charge in [-0.3, -0.25) is 4.79 Å². The van der Waals surface area contributed by atoms with Gasteiger partial charge in [-0.2, -0.15) is 0 Å². The molecule has 0 atom stereocenters. The van der Waals surface area contributed by atoms with Crippen molar-refractivity contribution < 1.29 is 9.53 Å². The summed E-state index contributed by atoms with van der Waals surface area (Å²) in [4.78, 5) is 11.4. The molecule has 1 aromatic carbocycles. The lowest BCUT2D eigenvalue weighted by Gasteiger charge is -2.11. The summed E-state index contributed by atoms with van der Waals surface area (Å²) in [6.45, 7) is 6.73. The van der Waals surface area contributed by atoms with Crippen LogP contribution in [0.1, 0.15) is 31.4 Å². The van der Waals surface area contributed by atoms with Crippen molar-refractivity contribution in [1.82, 2.24) is 5.32 Å². The molecule has 0 heterocycles. The second kappa shape index (κ2) is 7.01. The highest BCUT2D eigenvalue weighted by atomic mass is 16.5. The number of amides is 1. The van der Waals surface area contributed by atoms with E-state index >= 15 is 0 Å². The molecular weight excluding hydrogens is 228 g/mol. The topological polar surface area (TPSA) is 64.3 Å². The SMILES string of the molecule is Cc1ccc(CN)cc1OCCC(=O)NC(C)C. The van der Waals surface area contributed by atoms with Crippen LogP contribution in [0, 0.1) is 6.92 Å². The molecule has 4 heteroatoms. The number of ether oxygens (including phenoxy) is 1. The van der Waals surface area contributed by atoms with Crippen molar-refractivity contribution >= 4 is 5.91 Å². The Kier molecular flexibility index (Phi) is 5.65. The Balaban J connectivity index is 2.46. The molecule has 0 fully saturated rings. The predicted octanol–water partition coefficient (Wildman–Crippen LogP) is 1.75. The Morgan fingerprint density at radius 3 is 2.78 bits per heavy atom. The summed E-state index contributed by atoms with van der Waals surface area (Å²) in [5.41, 5.74) is 7.66. The molecule has 1 amide bonds. The van der Waals surface area contributed by atoms with Gasteiger partial charge in [0, 0.05) is 12.6 Å². The molecule has 18 heavy (non-hydrogen) atoms. The van der Waals surface area contributed by atoms with E-state index in [0.717, 1.165) is 16.9 Å². The second-order valence-electron chi connectivity index (χ2n) is 4.62. The zero-order chi connectivity index (χ0) is 13.5. The van der Waals surface area contributed by atoms with Crippen LogP contribution in [0.4, 0.5) is 0 Å². The molecule has 0 spiro atoms. The fourth-order valence-corrected chi connectivity index (χ4v) is 1.57. The third kappa shape index (κ3) is 4.75. The third-order valence-corrected chi connectivity index (χ3v) is 2.52. The van der Waals surface area contributed by atoms with E-state index in [2.05, 4.69) is 5.32 Å². The summed E-state index contributed by atoms with van der Waals surface area (Å²) in [5.74, 6) is 0.813. The Morgan fingerprint density at radius 1 is 1.44 bits per heavy atom. The van der Waals surface area contributed by atoms with Gasteiger partial charge < -0.3 is 15.8 Å². The van der Waals surface area contributed by atoms with E-state index in [1.807, 2.05) is 39.0 Å². The van der Waals surface area contributed by atoms with E-state index in [-0.39, 0.29) is 11.9 Å². The minimum atomic E-state index is 0.0117. The maximum Gasteiger partial charge on any atom is 0.223 e. The summed E-state index contributed by atoms with van der Waals surface area (Å²) in [5, 5.41) is 2.83. The second-order valence-corrected chi connectivity index (χ2v) is 4.62. The van der Waals surface area contributed by atoms with E-state index < -0.39 is 0 Å².